The zero-order chi connectivity index (χ0) is 20.3. The largest absolute Gasteiger partial charge is 0.490 e. The van der Waals surface area contributed by atoms with E-state index in [4.69, 9.17) is 9.47 Å². The Bertz CT molecular complexity index is 909. The number of carbonyl (C=O) groups excluding carboxylic acids is 2. The van der Waals surface area contributed by atoms with E-state index in [0.717, 1.165) is 21.9 Å². The number of amides is 1. The van der Waals surface area contributed by atoms with Gasteiger partial charge in [-0.2, -0.15) is 5.10 Å². The van der Waals surface area contributed by atoms with Gasteiger partial charge in [-0.25, -0.2) is 18.2 Å². The lowest BCUT2D eigenvalue weighted by molar-refractivity contribution is -0.137. The number of ether oxygens (including phenoxy) is 2. The summed E-state index contributed by atoms with van der Waals surface area (Å²) < 4.78 is 34.2. The molecule has 0 N–H and O–H groups in total. The predicted octanol–water partition coefficient (Wildman–Crippen LogP) is 1.39. The van der Waals surface area contributed by atoms with E-state index in [2.05, 4.69) is 5.10 Å². The molecule has 2 heterocycles. The van der Waals surface area contributed by atoms with Crippen LogP contribution in [0.1, 0.15) is 30.4 Å². The first-order chi connectivity index (χ1) is 13.2. The van der Waals surface area contributed by atoms with Crippen LogP contribution in [0, 0.1) is 13.8 Å². The Morgan fingerprint density at radius 2 is 2.04 bits per heavy atom. The minimum Gasteiger partial charge on any atom is -0.490 e. The van der Waals surface area contributed by atoms with E-state index in [1.165, 1.54) is 0 Å². The smallest absolute Gasteiger partial charge is 0.354 e. The number of nitrogens with zero attached hydrogens (tertiary/aromatic N) is 2. The molecule has 0 unspecified atom stereocenters. The van der Waals surface area contributed by atoms with Crippen LogP contribution < -0.4 is 4.74 Å². The number of sulfone groups is 1. The number of carbonyl (C=O) groups is 2. The molecule has 1 saturated heterocycles. The summed E-state index contributed by atoms with van der Waals surface area (Å²) in [5.41, 5.74) is 2.21. The fourth-order valence-electron chi connectivity index (χ4n) is 3.20. The number of esters is 1. The number of aryl methyl sites for hydroxylation is 2. The van der Waals surface area contributed by atoms with Gasteiger partial charge >= 0.3 is 5.97 Å². The number of hydrogen-bond donors (Lipinski definition) is 0. The molecule has 0 aromatic heterocycles. The van der Waals surface area contributed by atoms with Gasteiger partial charge in [-0.3, -0.25) is 4.79 Å². The second-order valence-corrected chi connectivity index (χ2v) is 9.32. The van der Waals surface area contributed by atoms with E-state index in [1.54, 1.807) is 0 Å². The summed E-state index contributed by atoms with van der Waals surface area (Å²) in [4.78, 5) is 24.3. The summed E-state index contributed by atoms with van der Waals surface area (Å²) in [7, 11) is -3.15. The summed E-state index contributed by atoms with van der Waals surface area (Å²) in [6.07, 6.45) is 0.637. The van der Waals surface area contributed by atoms with E-state index >= 15 is 0 Å². The molecular formula is C19H24N2O6S. The van der Waals surface area contributed by atoms with Crippen molar-refractivity contribution in [2.24, 2.45) is 5.10 Å². The highest BCUT2D eigenvalue weighted by molar-refractivity contribution is 7.91. The van der Waals surface area contributed by atoms with E-state index in [0.29, 0.717) is 6.42 Å². The molecule has 152 valence electrons. The highest BCUT2D eigenvalue weighted by Crippen LogP contribution is 2.22. The zero-order valence-electron chi connectivity index (χ0n) is 16.0. The van der Waals surface area contributed by atoms with Crippen molar-refractivity contribution in [2.75, 3.05) is 24.7 Å². The Hall–Kier alpha value is -2.42. The SMILES string of the molecule is Cc1ccc(C)c(OCCOC(=O)C2=NN([C@H]3CCS(=O)(=O)C3)C(=O)CC2)c1. The lowest BCUT2D eigenvalue weighted by Crippen LogP contribution is -2.42. The topological polar surface area (TPSA) is 102 Å². The molecule has 0 aliphatic carbocycles. The van der Waals surface area contributed by atoms with Crippen LogP contribution in [-0.2, 0) is 24.2 Å². The van der Waals surface area contributed by atoms with Crippen molar-refractivity contribution >= 4 is 27.4 Å². The highest BCUT2D eigenvalue weighted by atomic mass is 32.2. The molecule has 3 rings (SSSR count). The summed E-state index contributed by atoms with van der Waals surface area (Å²) >= 11 is 0. The molecule has 0 bridgehead atoms. The quantitative estimate of drug-likeness (QED) is 0.521. The number of benzene rings is 1. The van der Waals surface area contributed by atoms with Crippen molar-refractivity contribution in [1.29, 1.82) is 0 Å². The van der Waals surface area contributed by atoms with Crippen LogP contribution in [0.3, 0.4) is 0 Å². The van der Waals surface area contributed by atoms with Crippen molar-refractivity contribution in [3.05, 3.63) is 29.3 Å². The second-order valence-electron chi connectivity index (χ2n) is 7.10. The van der Waals surface area contributed by atoms with Gasteiger partial charge in [0.2, 0.25) is 5.91 Å². The van der Waals surface area contributed by atoms with Gasteiger partial charge in [0.25, 0.3) is 0 Å². The summed E-state index contributed by atoms with van der Waals surface area (Å²) in [6.45, 7) is 4.16. The first-order valence-corrected chi connectivity index (χ1v) is 11.0. The molecule has 0 radical (unpaired) electrons. The molecule has 28 heavy (non-hydrogen) atoms. The zero-order valence-corrected chi connectivity index (χ0v) is 16.8. The molecule has 0 spiro atoms. The fourth-order valence-corrected chi connectivity index (χ4v) is 4.90. The third-order valence-corrected chi connectivity index (χ3v) is 6.52. The summed E-state index contributed by atoms with van der Waals surface area (Å²) in [5, 5.41) is 5.24. The average Bonchev–Trinajstić information content (AvgIpc) is 3.01. The molecule has 2 aliphatic rings. The second kappa shape index (κ2) is 8.30. The Morgan fingerprint density at radius 3 is 2.75 bits per heavy atom. The molecule has 8 nitrogen and oxygen atoms in total. The molecule has 9 heteroatoms. The summed E-state index contributed by atoms with van der Waals surface area (Å²) in [5.74, 6) is -0.217. The van der Waals surface area contributed by atoms with Gasteiger partial charge in [0.1, 0.15) is 24.7 Å². The Kier molecular flexibility index (Phi) is 6.02. The van der Waals surface area contributed by atoms with Gasteiger partial charge in [0, 0.05) is 12.8 Å². The van der Waals surface area contributed by atoms with E-state index in [9.17, 15) is 18.0 Å². The molecule has 2 aliphatic heterocycles. The number of hydrogen-bond acceptors (Lipinski definition) is 7. The average molecular weight is 408 g/mol. The van der Waals surface area contributed by atoms with E-state index < -0.39 is 21.8 Å². The predicted molar refractivity (Wildman–Crippen MR) is 103 cm³/mol. The van der Waals surface area contributed by atoms with Crippen molar-refractivity contribution < 1.29 is 27.5 Å². The molecule has 1 aromatic carbocycles. The van der Waals surface area contributed by atoms with Gasteiger partial charge < -0.3 is 9.47 Å². The molecular weight excluding hydrogens is 384 g/mol. The van der Waals surface area contributed by atoms with Crippen molar-refractivity contribution in [2.45, 2.75) is 39.2 Å². The van der Waals surface area contributed by atoms with Crippen LogP contribution in [-0.4, -0.2) is 61.8 Å². The maximum absolute atomic E-state index is 12.3. The van der Waals surface area contributed by atoms with Gasteiger partial charge in [-0.05, 0) is 37.5 Å². The third kappa shape index (κ3) is 4.89. The van der Waals surface area contributed by atoms with Crippen LogP contribution in [0.4, 0.5) is 0 Å². The third-order valence-electron chi connectivity index (χ3n) is 4.77. The van der Waals surface area contributed by atoms with Gasteiger partial charge in [-0.15, -0.1) is 0 Å². The Balaban J connectivity index is 1.54. The van der Waals surface area contributed by atoms with Crippen LogP contribution in [0.25, 0.3) is 0 Å². The number of rotatable bonds is 6. The molecule has 1 amide bonds. The van der Waals surface area contributed by atoms with Gasteiger partial charge in [0.15, 0.2) is 9.84 Å². The highest BCUT2D eigenvalue weighted by Gasteiger charge is 2.37. The maximum Gasteiger partial charge on any atom is 0.354 e. The van der Waals surface area contributed by atoms with Crippen LogP contribution in [0.15, 0.2) is 23.3 Å². The van der Waals surface area contributed by atoms with Gasteiger partial charge in [0.05, 0.1) is 17.5 Å². The minimum absolute atomic E-state index is 0.0342. The van der Waals surface area contributed by atoms with Gasteiger partial charge in [-0.1, -0.05) is 12.1 Å². The van der Waals surface area contributed by atoms with Crippen LogP contribution >= 0.6 is 0 Å². The standard InChI is InChI=1S/C19H24N2O6S/c1-13-3-4-14(2)17(11-13)26-8-9-27-19(23)16-5-6-18(22)21(20-16)15-7-10-28(24,25)12-15/h3-4,11,15H,5-10,12H2,1-2H3/t15-/m0/s1. The number of hydrazone groups is 1. The first-order valence-electron chi connectivity index (χ1n) is 9.22. The molecule has 0 saturated carbocycles. The van der Waals surface area contributed by atoms with E-state index in [-0.39, 0.29) is 49.2 Å². The van der Waals surface area contributed by atoms with Crippen LogP contribution in [0.2, 0.25) is 0 Å². The normalized spacial score (nSPS) is 21.4. The van der Waals surface area contributed by atoms with Crippen molar-refractivity contribution in [3.63, 3.8) is 0 Å². The Morgan fingerprint density at radius 1 is 1.25 bits per heavy atom. The minimum atomic E-state index is -3.15. The molecule has 1 atom stereocenters. The van der Waals surface area contributed by atoms with Crippen LogP contribution in [0.5, 0.6) is 5.75 Å². The van der Waals surface area contributed by atoms with E-state index in [1.807, 2.05) is 32.0 Å². The lowest BCUT2D eigenvalue weighted by atomic mass is 10.1. The monoisotopic (exact) mass is 408 g/mol. The Labute approximate surface area is 164 Å². The van der Waals surface area contributed by atoms with Crippen molar-refractivity contribution in [3.8, 4) is 5.75 Å². The summed E-state index contributed by atoms with van der Waals surface area (Å²) in [6, 6.07) is 5.36. The molecule has 1 fully saturated rings. The first kappa shape index (κ1) is 20.3. The van der Waals surface area contributed by atoms with Crippen molar-refractivity contribution in [1.82, 2.24) is 5.01 Å². The maximum atomic E-state index is 12.3. The lowest BCUT2D eigenvalue weighted by Gasteiger charge is -2.27. The fraction of sp³-hybridized carbons (Fsp3) is 0.526. The molecule has 1 aromatic rings.